The van der Waals surface area contributed by atoms with Gasteiger partial charge >= 0.3 is 0 Å². The molecule has 0 amide bonds. The lowest BCUT2D eigenvalue weighted by Gasteiger charge is -2.09. The average Bonchev–Trinajstić information content (AvgIpc) is 3.65. The third kappa shape index (κ3) is 4.40. The lowest BCUT2D eigenvalue weighted by atomic mass is 10.0. The highest BCUT2D eigenvalue weighted by Crippen LogP contribution is 2.36. The van der Waals surface area contributed by atoms with E-state index < -0.39 is 0 Å². The molecule has 0 atom stereocenters. The van der Waals surface area contributed by atoms with Crippen LogP contribution in [0, 0.1) is 0 Å². The molecule has 3 aromatic rings. The summed E-state index contributed by atoms with van der Waals surface area (Å²) in [6.07, 6.45) is 12.2. The van der Waals surface area contributed by atoms with Gasteiger partial charge in [-0.05, 0) is 115 Å². The molecule has 0 saturated heterocycles. The normalized spacial score (nSPS) is 16.3. The van der Waals surface area contributed by atoms with Crippen LogP contribution < -0.4 is 10.7 Å². The number of allylic oxidation sites excluding steroid dienone is 4. The summed E-state index contributed by atoms with van der Waals surface area (Å²) < 4.78 is 1.90. The van der Waals surface area contributed by atoms with Crippen molar-refractivity contribution < 1.29 is 5.11 Å². The van der Waals surface area contributed by atoms with Crippen LogP contribution in [-0.4, -0.2) is 26.1 Å². The first-order valence-electron chi connectivity index (χ1n) is 14.8. The number of aromatic amines is 1. The Morgan fingerprint density at radius 3 is 1.76 bits per heavy atom. The Balaban J connectivity index is 1.72. The molecule has 5 heterocycles. The van der Waals surface area contributed by atoms with Gasteiger partial charge in [0.25, 0.3) is 0 Å². The van der Waals surface area contributed by atoms with E-state index in [0.717, 1.165) is 81.7 Å². The standard InChI is InChI=1S/C36H38N4O/c1-7-26-21(5)30-17-23-16-25(40(36(23)41)24-14-12-11-13-15-24)18-31-22(6)27(8-2)33(38-31)20-35-29(10-4)28(9-3)34(39-35)19-32(26)37-30/h11-20,39,41H,7-10H2,1-6H3. The predicted molar refractivity (Wildman–Crippen MR) is 172 cm³/mol. The van der Waals surface area contributed by atoms with Crippen molar-refractivity contribution >= 4 is 35.7 Å². The van der Waals surface area contributed by atoms with Gasteiger partial charge in [0.2, 0.25) is 5.88 Å². The number of aromatic nitrogens is 2. The molecule has 0 radical (unpaired) electrons. The zero-order chi connectivity index (χ0) is 28.8. The molecule has 208 valence electrons. The van der Waals surface area contributed by atoms with Crippen molar-refractivity contribution in [2.75, 3.05) is 0 Å². The lowest BCUT2D eigenvalue weighted by molar-refractivity contribution is 0.441. The fourth-order valence-corrected chi connectivity index (χ4v) is 6.50. The van der Waals surface area contributed by atoms with Crippen molar-refractivity contribution in [2.24, 2.45) is 9.98 Å². The number of hydrogen-bond donors (Lipinski definition) is 2. The Morgan fingerprint density at radius 1 is 0.707 bits per heavy atom. The molecular formula is C36H38N4O. The third-order valence-corrected chi connectivity index (χ3v) is 8.66. The predicted octanol–water partition coefficient (Wildman–Crippen LogP) is 6.95. The van der Waals surface area contributed by atoms with Crippen molar-refractivity contribution in [2.45, 2.75) is 67.2 Å². The van der Waals surface area contributed by atoms with Crippen molar-refractivity contribution in [1.82, 2.24) is 9.55 Å². The van der Waals surface area contributed by atoms with Gasteiger partial charge in [-0.15, -0.1) is 0 Å². The van der Waals surface area contributed by atoms with Gasteiger partial charge in [-0.1, -0.05) is 45.9 Å². The van der Waals surface area contributed by atoms with Crippen LogP contribution in [0.1, 0.15) is 76.8 Å². The number of nitrogens with one attached hydrogen (secondary N) is 1. The fourth-order valence-electron chi connectivity index (χ4n) is 6.50. The second kappa shape index (κ2) is 10.5. The van der Waals surface area contributed by atoms with Gasteiger partial charge < -0.3 is 10.1 Å². The fraction of sp³-hybridized carbons (Fsp3) is 0.278. The summed E-state index contributed by atoms with van der Waals surface area (Å²) in [6.45, 7) is 13.1. The number of rotatable bonds is 5. The van der Waals surface area contributed by atoms with E-state index in [9.17, 15) is 5.11 Å². The molecule has 1 aromatic carbocycles. The van der Waals surface area contributed by atoms with E-state index in [2.05, 4.69) is 64.8 Å². The number of aliphatic imine (C=N–C) groups is 2. The maximum Gasteiger partial charge on any atom is 0.203 e. The SMILES string of the molecule is CCC1=C(C)C2=Cc3cc(n(-c4ccccc4)c3O)C=C3N=C(C=c4[nH]c(c(CC)c4CC)=CC1=N2)C(CC)=C3C. The van der Waals surface area contributed by atoms with Crippen LogP contribution in [0.5, 0.6) is 5.88 Å². The molecule has 0 spiro atoms. The molecule has 8 bridgehead atoms. The maximum atomic E-state index is 11.6. The summed E-state index contributed by atoms with van der Waals surface area (Å²) in [4.78, 5) is 14.0. The summed E-state index contributed by atoms with van der Waals surface area (Å²) in [6, 6.07) is 12.0. The van der Waals surface area contributed by atoms with Gasteiger partial charge in [0.1, 0.15) is 0 Å². The summed E-state index contributed by atoms with van der Waals surface area (Å²) in [5.41, 5.74) is 13.8. The zero-order valence-corrected chi connectivity index (χ0v) is 24.9. The summed E-state index contributed by atoms with van der Waals surface area (Å²) >= 11 is 0. The van der Waals surface area contributed by atoms with E-state index in [1.165, 1.54) is 27.8 Å². The maximum absolute atomic E-state index is 11.6. The highest BCUT2D eigenvalue weighted by molar-refractivity contribution is 6.24. The van der Waals surface area contributed by atoms with Crippen LogP contribution >= 0.6 is 0 Å². The van der Waals surface area contributed by atoms with Gasteiger partial charge in [-0.25, -0.2) is 9.98 Å². The molecule has 2 aromatic heterocycles. The Labute approximate surface area is 242 Å². The monoisotopic (exact) mass is 542 g/mol. The van der Waals surface area contributed by atoms with Crippen LogP contribution in [0.15, 0.2) is 80.1 Å². The van der Waals surface area contributed by atoms with Crippen molar-refractivity contribution in [3.05, 3.63) is 103 Å². The molecule has 2 N–H and O–H groups in total. The van der Waals surface area contributed by atoms with Gasteiger partial charge in [-0.3, -0.25) is 4.57 Å². The third-order valence-electron chi connectivity index (χ3n) is 8.66. The van der Waals surface area contributed by atoms with Crippen LogP contribution in [0.25, 0.3) is 30.0 Å². The topological polar surface area (TPSA) is 65.7 Å². The second-order valence-electron chi connectivity index (χ2n) is 10.9. The van der Waals surface area contributed by atoms with E-state index in [0.29, 0.717) is 0 Å². The molecule has 0 fully saturated rings. The minimum Gasteiger partial charge on any atom is -0.494 e. The molecule has 5 nitrogen and oxygen atoms in total. The molecular weight excluding hydrogens is 504 g/mol. The zero-order valence-electron chi connectivity index (χ0n) is 24.9. The molecule has 5 heteroatoms. The number of H-pyrrole nitrogens is 1. The highest BCUT2D eigenvalue weighted by atomic mass is 16.3. The minimum atomic E-state index is 0.193. The summed E-state index contributed by atoms with van der Waals surface area (Å²) in [7, 11) is 0. The molecule has 0 aliphatic carbocycles. The van der Waals surface area contributed by atoms with E-state index in [4.69, 9.17) is 9.98 Å². The quantitative estimate of drug-likeness (QED) is 0.360. The second-order valence-corrected chi connectivity index (χ2v) is 10.9. The number of benzene rings is 1. The number of nitrogens with zero attached hydrogens (tertiary/aromatic N) is 3. The molecule has 6 rings (SSSR count). The summed E-state index contributed by atoms with van der Waals surface area (Å²) in [5.74, 6) is 0.193. The highest BCUT2D eigenvalue weighted by Gasteiger charge is 2.23. The van der Waals surface area contributed by atoms with Crippen LogP contribution in [0.3, 0.4) is 0 Å². The summed E-state index contributed by atoms with van der Waals surface area (Å²) in [5, 5.41) is 13.8. The van der Waals surface area contributed by atoms with Crippen molar-refractivity contribution in [1.29, 1.82) is 0 Å². The first kappa shape index (κ1) is 26.8. The van der Waals surface area contributed by atoms with Crippen LogP contribution in [-0.2, 0) is 12.8 Å². The minimum absolute atomic E-state index is 0.193. The molecule has 0 unspecified atom stereocenters. The Kier molecular flexibility index (Phi) is 6.90. The van der Waals surface area contributed by atoms with Gasteiger partial charge in [0.05, 0.1) is 28.5 Å². The molecule has 0 saturated carbocycles. The number of para-hydroxylation sites is 1. The van der Waals surface area contributed by atoms with E-state index in [1.54, 1.807) is 0 Å². The first-order valence-corrected chi connectivity index (χ1v) is 14.8. The van der Waals surface area contributed by atoms with Crippen molar-refractivity contribution in [3.8, 4) is 11.6 Å². The number of hydrogen-bond acceptors (Lipinski definition) is 3. The first-order chi connectivity index (χ1) is 19.9. The number of aromatic hydroxyl groups is 1. The van der Waals surface area contributed by atoms with E-state index in [1.807, 2.05) is 47.0 Å². The average molecular weight is 543 g/mol. The number of fused-ring (bicyclic) bond motifs is 6. The molecule has 3 aliphatic heterocycles. The Hall–Kier alpha value is -4.38. The van der Waals surface area contributed by atoms with Crippen LogP contribution in [0.2, 0.25) is 0 Å². The van der Waals surface area contributed by atoms with Gasteiger partial charge in [0.15, 0.2) is 0 Å². The Bertz CT molecular complexity index is 1880. The lowest BCUT2D eigenvalue weighted by Crippen LogP contribution is -2.16. The smallest absolute Gasteiger partial charge is 0.203 e. The van der Waals surface area contributed by atoms with Crippen LogP contribution in [0.4, 0.5) is 0 Å². The van der Waals surface area contributed by atoms with Gasteiger partial charge in [0, 0.05) is 21.9 Å². The Morgan fingerprint density at radius 2 is 1.24 bits per heavy atom. The largest absolute Gasteiger partial charge is 0.494 e. The van der Waals surface area contributed by atoms with E-state index in [-0.39, 0.29) is 5.88 Å². The van der Waals surface area contributed by atoms with E-state index >= 15 is 0 Å². The molecule has 41 heavy (non-hydrogen) atoms. The molecule has 3 aliphatic rings. The van der Waals surface area contributed by atoms with Crippen molar-refractivity contribution in [3.63, 3.8) is 0 Å². The van der Waals surface area contributed by atoms with Gasteiger partial charge in [-0.2, -0.15) is 0 Å².